The minimum absolute atomic E-state index is 0.109. The molecule has 0 aromatic heterocycles. The van der Waals surface area contributed by atoms with Crippen molar-refractivity contribution in [3.05, 3.63) is 35.9 Å². The Labute approximate surface area is 116 Å². The Balaban J connectivity index is 1.94. The van der Waals surface area contributed by atoms with Crippen LogP contribution in [0, 0.1) is 0 Å². The second-order valence-electron chi connectivity index (χ2n) is 4.61. The first-order valence-corrected chi connectivity index (χ1v) is 6.98. The molecule has 0 saturated carbocycles. The van der Waals surface area contributed by atoms with Crippen LogP contribution in [0.5, 0.6) is 0 Å². The summed E-state index contributed by atoms with van der Waals surface area (Å²) in [4.78, 5) is 0. The lowest BCUT2D eigenvalue weighted by Crippen LogP contribution is -2.27. The van der Waals surface area contributed by atoms with E-state index >= 15 is 0 Å². The van der Waals surface area contributed by atoms with Crippen LogP contribution in [0.15, 0.2) is 30.3 Å². The molecule has 0 radical (unpaired) electrons. The lowest BCUT2D eigenvalue weighted by molar-refractivity contribution is 0.0445. The van der Waals surface area contributed by atoms with E-state index in [-0.39, 0.29) is 6.04 Å². The monoisotopic (exact) mass is 266 g/mol. The first-order chi connectivity index (χ1) is 9.33. The normalized spacial score (nSPS) is 12.5. The fourth-order valence-corrected chi connectivity index (χ4v) is 1.83. The van der Waals surface area contributed by atoms with Crippen molar-refractivity contribution in [3.63, 3.8) is 0 Å². The van der Waals surface area contributed by atoms with Gasteiger partial charge in [0.1, 0.15) is 0 Å². The van der Waals surface area contributed by atoms with Gasteiger partial charge < -0.3 is 20.9 Å². The third-order valence-electron chi connectivity index (χ3n) is 2.85. The van der Waals surface area contributed by atoms with Crippen LogP contribution >= 0.6 is 0 Å². The van der Waals surface area contributed by atoms with Crippen LogP contribution in [0.1, 0.15) is 18.4 Å². The van der Waals surface area contributed by atoms with E-state index in [1.165, 1.54) is 5.56 Å². The van der Waals surface area contributed by atoms with Gasteiger partial charge in [0.15, 0.2) is 0 Å². The van der Waals surface area contributed by atoms with Crippen molar-refractivity contribution >= 4 is 0 Å². The molecule has 0 fully saturated rings. The van der Waals surface area contributed by atoms with Gasteiger partial charge in [-0.1, -0.05) is 30.3 Å². The smallest absolute Gasteiger partial charge is 0.0701 e. The second-order valence-corrected chi connectivity index (χ2v) is 4.61. The molecular weight excluding hydrogens is 240 g/mol. The summed E-state index contributed by atoms with van der Waals surface area (Å²) in [7, 11) is 0. The molecule has 4 N–H and O–H groups in total. The van der Waals surface area contributed by atoms with Gasteiger partial charge in [0, 0.05) is 12.6 Å². The SMILES string of the molecule is NCCOCCOCC(N)CCCc1ccccc1. The summed E-state index contributed by atoms with van der Waals surface area (Å²) in [5.74, 6) is 0. The third kappa shape index (κ3) is 8.72. The zero-order valence-electron chi connectivity index (χ0n) is 11.6. The van der Waals surface area contributed by atoms with Crippen LogP contribution in [0.3, 0.4) is 0 Å². The van der Waals surface area contributed by atoms with Crippen LogP contribution in [0.25, 0.3) is 0 Å². The van der Waals surface area contributed by atoms with Gasteiger partial charge in [0.05, 0.1) is 26.4 Å². The van der Waals surface area contributed by atoms with Crippen molar-refractivity contribution in [2.45, 2.75) is 25.3 Å². The molecule has 19 heavy (non-hydrogen) atoms. The fraction of sp³-hybridized carbons (Fsp3) is 0.600. The molecule has 1 rings (SSSR count). The van der Waals surface area contributed by atoms with E-state index in [1.54, 1.807) is 0 Å². The Morgan fingerprint density at radius 1 is 1.00 bits per heavy atom. The Bertz CT molecular complexity index is 306. The highest BCUT2D eigenvalue weighted by atomic mass is 16.5. The molecule has 0 heterocycles. The minimum atomic E-state index is 0.109. The molecule has 108 valence electrons. The highest BCUT2D eigenvalue weighted by Crippen LogP contribution is 2.05. The maximum atomic E-state index is 5.99. The van der Waals surface area contributed by atoms with Crippen LogP contribution in [-0.2, 0) is 15.9 Å². The topological polar surface area (TPSA) is 70.5 Å². The molecule has 0 amide bonds. The molecule has 0 bridgehead atoms. The first-order valence-electron chi connectivity index (χ1n) is 6.98. The predicted octanol–water partition coefficient (Wildman–Crippen LogP) is 1.33. The maximum Gasteiger partial charge on any atom is 0.0701 e. The number of aryl methyl sites for hydroxylation is 1. The van der Waals surface area contributed by atoms with Crippen molar-refractivity contribution in [2.24, 2.45) is 11.5 Å². The number of benzene rings is 1. The highest BCUT2D eigenvalue weighted by molar-refractivity contribution is 5.14. The van der Waals surface area contributed by atoms with Gasteiger partial charge >= 0.3 is 0 Å². The highest BCUT2D eigenvalue weighted by Gasteiger charge is 2.03. The molecule has 0 spiro atoms. The van der Waals surface area contributed by atoms with Crippen LogP contribution < -0.4 is 11.5 Å². The molecule has 0 aliphatic rings. The third-order valence-corrected chi connectivity index (χ3v) is 2.85. The van der Waals surface area contributed by atoms with Gasteiger partial charge in [-0.2, -0.15) is 0 Å². The number of rotatable bonds is 11. The van der Waals surface area contributed by atoms with Crippen LogP contribution in [-0.4, -0.2) is 39.0 Å². The van der Waals surface area contributed by atoms with Gasteiger partial charge in [-0.25, -0.2) is 0 Å². The van der Waals surface area contributed by atoms with Crippen molar-refractivity contribution in [1.29, 1.82) is 0 Å². The standard InChI is InChI=1S/C15H26N2O2/c16-9-10-18-11-12-19-13-15(17)8-4-7-14-5-2-1-3-6-14/h1-3,5-6,15H,4,7-13,16-17H2. The molecule has 0 aliphatic heterocycles. The fourth-order valence-electron chi connectivity index (χ4n) is 1.83. The molecule has 1 atom stereocenters. The minimum Gasteiger partial charge on any atom is -0.378 e. The Morgan fingerprint density at radius 2 is 1.74 bits per heavy atom. The van der Waals surface area contributed by atoms with Gasteiger partial charge in [-0.05, 0) is 24.8 Å². The second kappa shape index (κ2) is 10.9. The van der Waals surface area contributed by atoms with E-state index < -0.39 is 0 Å². The summed E-state index contributed by atoms with van der Waals surface area (Å²) in [5.41, 5.74) is 12.7. The number of ether oxygens (including phenoxy) is 2. The van der Waals surface area contributed by atoms with Gasteiger partial charge in [-0.3, -0.25) is 0 Å². The summed E-state index contributed by atoms with van der Waals surface area (Å²) in [6.07, 6.45) is 3.16. The predicted molar refractivity (Wildman–Crippen MR) is 78.0 cm³/mol. The van der Waals surface area contributed by atoms with E-state index in [4.69, 9.17) is 20.9 Å². The van der Waals surface area contributed by atoms with Gasteiger partial charge in [0.25, 0.3) is 0 Å². The van der Waals surface area contributed by atoms with E-state index in [0.717, 1.165) is 19.3 Å². The van der Waals surface area contributed by atoms with E-state index in [0.29, 0.717) is 33.0 Å². The summed E-state index contributed by atoms with van der Waals surface area (Å²) in [6.45, 7) is 2.92. The molecule has 4 heteroatoms. The average molecular weight is 266 g/mol. The summed E-state index contributed by atoms with van der Waals surface area (Å²) < 4.78 is 10.7. The van der Waals surface area contributed by atoms with Gasteiger partial charge in [-0.15, -0.1) is 0 Å². The van der Waals surface area contributed by atoms with Crippen LogP contribution in [0.2, 0.25) is 0 Å². The van der Waals surface area contributed by atoms with Gasteiger partial charge in [0.2, 0.25) is 0 Å². The molecule has 1 aromatic rings. The van der Waals surface area contributed by atoms with E-state index in [1.807, 2.05) is 6.07 Å². The molecule has 0 saturated heterocycles. The zero-order chi connectivity index (χ0) is 13.8. The molecule has 0 aliphatic carbocycles. The van der Waals surface area contributed by atoms with Crippen molar-refractivity contribution in [1.82, 2.24) is 0 Å². The lowest BCUT2D eigenvalue weighted by Gasteiger charge is -2.12. The molecule has 1 unspecified atom stereocenters. The zero-order valence-corrected chi connectivity index (χ0v) is 11.6. The van der Waals surface area contributed by atoms with E-state index in [2.05, 4.69) is 24.3 Å². The largest absolute Gasteiger partial charge is 0.378 e. The summed E-state index contributed by atoms with van der Waals surface area (Å²) in [6, 6.07) is 10.6. The number of nitrogens with two attached hydrogens (primary N) is 2. The maximum absolute atomic E-state index is 5.99. The Morgan fingerprint density at radius 3 is 2.47 bits per heavy atom. The van der Waals surface area contributed by atoms with Crippen molar-refractivity contribution < 1.29 is 9.47 Å². The summed E-state index contributed by atoms with van der Waals surface area (Å²) >= 11 is 0. The quantitative estimate of drug-likeness (QED) is 0.593. The lowest BCUT2D eigenvalue weighted by atomic mass is 10.1. The Hall–Kier alpha value is -0.940. The van der Waals surface area contributed by atoms with Crippen molar-refractivity contribution in [2.75, 3.05) is 33.0 Å². The number of hydrogen-bond acceptors (Lipinski definition) is 4. The van der Waals surface area contributed by atoms with E-state index in [9.17, 15) is 0 Å². The Kier molecular flexibility index (Phi) is 9.27. The molecule has 4 nitrogen and oxygen atoms in total. The first kappa shape index (κ1) is 16.1. The summed E-state index contributed by atoms with van der Waals surface area (Å²) in [5, 5.41) is 0. The molecule has 1 aromatic carbocycles. The molecular formula is C15H26N2O2. The van der Waals surface area contributed by atoms with Crippen LogP contribution in [0.4, 0.5) is 0 Å². The average Bonchev–Trinajstić information content (AvgIpc) is 2.44. The van der Waals surface area contributed by atoms with Crippen molar-refractivity contribution in [3.8, 4) is 0 Å². The number of hydrogen-bond donors (Lipinski definition) is 2.